The van der Waals surface area contributed by atoms with Gasteiger partial charge in [0, 0.05) is 0 Å². The second-order valence-electron chi connectivity index (χ2n) is 3.07. The third-order valence-electron chi connectivity index (χ3n) is 1.98. The SMILES string of the molecule is CCCCc1[nH]nc(C(=O)O)c1[N+](=O)[O-]. The van der Waals surface area contributed by atoms with Crippen molar-refractivity contribution in [1.29, 1.82) is 0 Å². The zero-order valence-electron chi connectivity index (χ0n) is 8.19. The van der Waals surface area contributed by atoms with Gasteiger partial charge in [-0.3, -0.25) is 15.2 Å². The highest BCUT2D eigenvalue weighted by Gasteiger charge is 2.28. The molecule has 7 nitrogen and oxygen atoms in total. The summed E-state index contributed by atoms with van der Waals surface area (Å²) in [4.78, 5) is 20.6. The molecule has 1 rings (SSSR count). The van der Waals surface area contributed by atoms with Gasteiger partial charge in [0.15, 0.2) is 0 Å². The van der Waals surface area contributed by atoms with E-state index in [0.717, 1.165) is 12.8 Å². The van der Waals surface area contributed by atoms with Crippen molar-refractivity contribution in [3.05, 3.63) is 21.5 Å². The van der Waals surface area contributed by atoms with Crippen LogP contribution in [0.4, 0.5) is 5.69 Å². The van der Waals surface area contributed by atoms with E-state index in [0.29, 0.717) is 6.42 Å². The number of nitrogens with zero attached hydrogens (tertiary/aromatic N) is 2. The molecule has 2 N–H and O–H groups in total. The normalized spacial score (nSPS) is 10.2. The number of carboxylic acids is 1. The maximum absolute atomic E-state index is 10.7. The molecule has 82 valence electrons. The molecule has 0 aliphatic rings. The molecule has 0 bridgehead atoms. The van der Waals surface area contributed by atoms with E-state index in [1.807, 2.05) is 6.92 Å². The maximum atomic E-state index is 10.7. The summed E-state index contributed by atoms with van der Waals surface area (Å²) >= 11 is 0. The number of carbonyl (C=O) groups is 1. The quantitative estimate of drug-likeness (QED) is 0.566. The Balaban J connectivity index is 3.06. The van der Waals surface area contributed by atoms with Crippen molar-refractivity contribution in [3.8, 4) is 0 Å². The van der Waals surface area contributed by atoms with Crippen LogP contribution in [0.15, 0.2) is 0 Å². The molecule has 0 amide bonds. The fourth-order valence-corrected chi connectivity index (χ4v) is 1.25. The Labute approximate surface area is 85.3 Å². The van der Waals surface area contributed by atoms with Crippen LogP contribution in [-0.2, 0) is 6.42 Å². The highest BCUT2D eigenvalue weighted by atomic mass is 16.6. The molecule has 7 heteroatoms. The van der Waals surface area contributed by atoms with Crippen LogP contribution in [0.5, 0.6) is 0 Å². The molecule has 1 aromatic heterocycles. The summed E-state index contributed by atoms with van der Waals surface area (Å²) in [6.07, 6.45) is 2.06. The topological polar surface area (TPSA) is 109 Å². The fourth-order valence-electron chi connectivity index (χ4n) is 1.25. The molecule has 1 aromatic rings. The molecule has 0 radical (unpaired) electrons. The van der Waals surface area contributed by atoms with Crippen molar-refractivity contribution in [2.45, 2.75) is 26.2 Å². The van der Waals surface area contributed by atoms with Crippen LogP contribution in [0.2, 0.25) is 0 Å². The molecule has 0 fully saturated rings. The van der Waals surface area contributed by atoms with Crippen LogP contribution in [0.1, 0.15) is 35.9 Å². The second kappa shape index (κ2) is 4.54. The average Bonchev–Trinajstić information content (AvgIpc) is 2.58. The predicted molar refractivity (Wildman–Crippen MR) is 50.8 cm³/mol. The minimum Gasteiger partial charge on any atom is -0.476 e. The molecular formula is C8H11N3O4. The Kier molecular flexibility index (Phi) is 3.37. The fraction of sp³-hybridized carbons (Fsp3) is 0.500. The van der Waals surface area contributed by atoms with Gasteiger partial charge in [-0.15, -0.1) is 0 Å². The summed E-state index contributed by atoms with van der Waals surface area (Å²) in [5, 5.41) is 25.1. The number of nitrogens with one attached hydrogen (secondary N) is 1. The average molecular weight is 213 g/mol. The molecule has 15 heavy (non-hydrogen) atoms. The molecule has 0 saturated heterocycles. The van der Waals surface area contributed by atoms with Gasteiger partial charge in [0.05, 0.1) is 4.92 Å². The van der Waals surface area contributed by atoms with E-state index >= 15 is 0 Å². The first-order chi connectivity index (χ1) is 7.07. The van der Waals surface area contributed by atoms with Gasteiger partial charge in [-0.25, -0.2) is 4.79 Å². The first-order valence-corrected chi connectivity index (χ1v) is 4.52. The summed E-state index contributed by atoms with van der Waals surface area (Å²) in [5.74, 6) is -1.39. The van der Waals surface area contributed by atoms with Crippen molar-refractivity contribution in [2.24, 2.45) is 0 Å². The molecular weight excluding hydrogens is 202 g/mol. The Hall–Kier alpha value is -1.92. The number of rotatable bonds is 5. The number of aromatic amines is 1. The third-order valence-corrected chi connectivity index (χ3v) is 1.98. The first kappa shape index (κ1) is 11.2. The second-order valence-corrected chi connectivity index (χ2v) is 3.07. The number of H-pyrrole nitrogens is 1. The Morgan fingerprint density at radius 2 is 2.33 bits per heavy atom. The highest BCUT2D eigenvalue weighted by Crippen LogP contribution is 2.22. The number of hydrogen-bond acceptors (Lipinski definition) is 4. The molecule has 0 aliphatic carbocycles. The van der Waals surface area contributed by atoms with Crippen molar-refractivity contribution in [3.63, 3.8) is 0 Å². The number of aromatic nitrogens is 2. The Morgan fingerprint density at radius 1 is 1.67 bits per heavy atom. The molecule has 0 atom stereocenters. The van der Waals surface area contributed by atoms with Crippen LogP contribution in [0.25, 0.3) is 0 Å². The molecule has 0 spiro atoms. The largest absolute Gasteiger partial charge is 0.476 e. The lowest BCUT2D eigenvalue weighted by Crippen LogP contribution is -2.02. The number of nitro groups is 1. The monoisotopic (exact) mass is 213 g/mol. The van der Waals surface area contributed by atoms with Gasteiger partial charge < -0.3 is 5.11 Å². The van der Waals surface area contributed by atoms with E-state index in [1.165, 1.54) is 0 Å². The summed E-state index contributed by atoms with van der Waals surface area (Å²) in [5.41, 5.74) is -0.665. The Morgan fingerprint density at radius 3 is 2.80 bits per heavy atom. The van der Waals surface area contributed by atoms with Crippen LogP contribution in [0, 0.1) is 10.1 Å². The van der Waals surface area contributed by atoms with E-state index in [1.54, 1.807) is 0 Å². The molecule has 0 aromatic carbocycles. The lowest BCUT2D eigenvalue weighted by molar-refractivity contribution is -0.385. The van der Waals surface area contributed by atoms with Gasteiger partial charge in [0.25, 0.3) is 0 Å². The smallest absolute Gasteiger partial charge is 0.363 e. The van der Waals surface area contributed by atoms with Crippen LogP contribution < -0.4 is 0 Å². The number of carboxylic acid groups (broad SMARTS) is 1. The molecule has 0 saturated carbocycles. The zero-order valence-corrected chi connectivity index (χ0v) is 8.19. The van der Waals surface area contributed by atoms with Crippen molar-refractivity contribution < 1.29 is 14.8 Å². The predicted octanol–water partition coefficient (Wildman–Crippen LogP) is 1.36. The van der Waals surface area contributed by atoms with E-state index in [4.69, 9.17) is 5.11 Å². The van der Waals surface area contributed by atoms with Gasteiger partial charge in [-0.2, -0.15) is 5.10 Å². The third kappa shape index (κ3) is 2.30. The van der Waals surface area contributed by atoms with Gasteiger partial charge in [0.2, 0.25) is 5.69 Å². The van der Waals surface area contributed by atoms with Gasteiger partial charge in [-0.05, 0) is 12.8 Å². The number of aromatic carboxylic acids is 1. The van der Waals surface area contributed by atoms with Crippen molar-refractivity contribution in [2.75, 3.05) is 0 Å². The van der Waals surface area contributed by atoms with E-state index in [-0.39, 0.29) is 5.69 Å². The zero-order chi connectivity index (χ0) is 11.4. The summed E-state index contributed by atoms with van der Waals surface area (Å²) < 4.78 is 0. The van der Waals surface area contributed by atoms with Gasteiger partial charge in [-0.1, -0.05) is 13.3 Å². The van der Waals surface area contributed by atoms with E-state index in [9.17, 15) is 14.9 Å². The number of hydrogen-bond donors (Lipinski definition) is 2. The summed E-state index contributed by atoms with van der Waals surface area (Å²) in [6.45, 7) is 1.94. The molecule has 1 heterocycles. The van der Waals surface area contributed by atoms with Gasteiger partial charge >= 0.3 is 11.7 Å². The van der Waals surface area contributed by atoms with E-state index < -0.39 is 22.3 Å². The van der Waals surface area contributed by atoms with Crippen molar-refractivity contribution >= 4 is 11.7 Å². The first-order valence-electron chi connectivity index (χ1n) is 4.52. The molecule has 0 unspecified atom stereocenters. The standard InChI is InChI=1S/C8H11N3O4/c1-2-3-4-5-7(11(14)15)6(8(12)13)10-9-5/h2-4H2,1H3,(H,9,10)(H,12,13). The molecule has 0 aliphatic heterocycles. The highest BCUT2D eigenvalue weighted by molar-refractivity contribution is 5.90. The lowest BCUT2D eigenvalue weighted by Gasteiger charge is -1.94. The maximum Gasteiger partial charge on any atom is 0.363 e. The lowest BCUT2D eigenvalue weighted by atomic mass is 10.1. The number of unbranched alkanes of at least 4 members (excludes halogenated alkanes) is 1. The summed E-state index contributed by atoms with van der Waals surface area (Å²) in [7, 11) is 0. The van der Waals surface area contributed by atoms with E-state index in [2.05, 4.69) is 10.2 Å². The van der Waals surface area contributed by atoms with Crippen molar-refractivity contribution in [1.82, 2.24) is 10.2 Å². The summed E-state index contributed by atoms with van der Waals surface area (Å²) in [6, 6.07) is 0. The Bertz CT molecular complexity index is 385. The van der Waals surface area contributed by atoms with Crippen LogP contribution in [-0.4, -0.2) is 26.2 Å². The minimum absolute atomic E-state index is 0.277. The van der Waals surface area contributed by atoms with Crippen LogP contribution in [0.3, 0.4) is 0 Å². The number of aryl methyl sites for hydroxylation is 1. The minimum atomic E-state index is -1.39. The van der Waals surface area contributed by atoms with Crippen LogP contribution >= 0.6 is 0 Å². The van der Waals surface area contributed by atoms with Gasteiger partial charge in [0.1, 0.15) is 5.69 Å².